The summed E-state index contributed by atoms with van der Waals surface area (Å²) < 4.78 is 39.3. The fourth-order valence-corrected chi connectivity index (χ4v) is 2.55. The molecule has 1 aliphatic rings. The maximum Gasteiger partial charge on any atom is 0.416 e. The lowest BCUT2D eigenvalue weighted by molar-refractivity contribution is -0.137. The van der Waals surface area contributed by atoms with Gasteiger partial charge in [0.1, 0.15) is 5.82 Å². The molecular formula is C13H13F3N4. The molecular weight excluding hydrogens is 269 g/mol. The number of anilines is 1. The number of rotatable bonds is 1. The number of halogens is 3. The van der Waals surface area contributed by atoms with Crippen LogP contribution in [0.5, 0.6) is 0 Å². The van der Waals surface area contributed by atoms with E-state index < -0.39 is 11.7 Å². The number of aryl methyl sites for hydroxylation is 1. The SMILES string of the molecule is Nc1nc2n(n1)CCC(c1ccc(C(F)(F)F)cc1)C2. The third-order valence-electron chi connectivity index (χ3n) is 3.59. The first-order chi connectivity index (χ1) is 9.43. The van der Waals surface area contributed by atoms with Crippen LogP contribution >= 0.6 is 0 Å². The van der Waals surface area contributed by atoms with Gasteiger partial charge in [0.2, 0.25) is 5.95 Å². The molecule has 106 valence electrons. The number of hydrogen-bond donors (Lipinski definition) is 1. The molecule has 0 aliphatic carbocycles. The Bertz CT molecular complexity index is 616. The van der Waals surface area contributed by atoms with Crippen LogP contribution in [0.15, 0.2) is 24.3 Å². The lowest BCUT2D eigenvalue weighted by Gasteiger charge is -2.22. The van der Waals surface area contributed by atoms with Crippen molar-refractivity contribution >= 4 is 5.95 Å². The number of hydrogen-bond acceptors (Lipinski definition) is 3. The van der Waals surface area contributed by atoms with Crippen molar-refractivity contribution in [2.45, 2.75) is 31.5 Å². The monoisotopic (exact) mass is 282 g/mol. The average molecular weight is 282 g/mol. The molecule has 0 fully saturated rings. The van der Waals surface area contributed by atoms with Crippen LogP contribution in [-0.2, 0) is 19.1 Å². The molecule has 2 N–H and O–H groups in total. The predicted octanol–water partition coefficient (Wildman–Crippen LogP) is 2.61. The highest BCUT2D eigenvalue weighted by Gasteiger charge is 2.30. The number of alkyl halides is 3. The van der Waals surface area contributed by atoms with Crippen molar-refractivity contribution in [1.29, 1.82) is 0 Å². The molecule has 2 aromatic rings. The van der Waals surface area contributed by atoms with Crippen LogP contribution in [-0.4, -0.2) is 14.8 Å². The van der Waals surface area contributed by atoms with Gasteiger partial charge in [-0.3, -0.25) is 0 Å². The zero-order valence-electron chi connectivity index (χ0n) is 10.6. The van der Waals surface area contributed by atoms with E-state index in [1.165, 1.54) is 0 Å². The summed E-state index contributed by atoms with van der Waals surface area (Å²) in [6, 6.07) is 5.35. The summed E-state index contributed by atoms with van der Waals surface area (Å²) in [6.45, 7) is 0.686. The fraction of sp³-hybridized carbons (Fsp3) is 0.385. The molecule has 1 aromatic carbocycles. The van der Waals surface area contributed by atoms with E-state index in [9.17, 15) is 13.2 Å². The Morgan fingerprint density at radius 3 is 2.55 bits per heavy atom. The lowest BCUT2D eigenvalue weighted by atomic mass is 9.89. The Kier molecular flexibility index (Phi) is 2.92. The molecule has 0 radical (unpaired) electrons. The van der Waals surface area contributed by atoms with Gasteiger partial charge in [-0.25, -0.2) is 4.68 Å². The van der Waals surface area contributed by atoms with Gasteiger partial charge in [0, 0.05) is 13.0 Å². The van der Waals surface area contributed by atoms with E-state index in [0.29, 0.717) is 13.0 Å². The summed E-state index contributed by atoms with van der Waals surface area (Å²) in [5.41, 5.74) is 5.82. The van der Waals surface area contributed by atoms with Crippen LogP contribution < -0.4 is 5.73 Å². The third kappa shape index (κ3) is 2.35. The van der Waals surface area contributed by atoms with Gasteiger partial charge >= 0.3 is 6.18 Å². The number of aromatic nitrogens is 3. The van der Waals surface area contributed by atoms with Crippen LogP contribution in [0.25, 0.3) is 0 Å². The Morgan fingerprint density at radius 1 is 1.20 bits per heavy atom. The van der Waals surface area contributed by atoms with Crippen molar-refractivity contribution in [1.82, 2.24) is 14.8 Å². The first-order valence-electron chi connectivity index (χ1n) is 6.30. The van der Waals surface area contributed by atoms with E-state index in [2.05, 4.69) is 10.1 Å². The van der Waals surface area contributed by atoms with Crippen LogP contribution in [0.2, 0.25) is 0 Å². The molecule has 7 heteroatoms. The van der Waals surface area contributed by atoms with Gasteiger partial charge in [-0.1, -0.05) is 12.1 Å². The van der Waals surface area contributed by atoms with Crippen molar-refractivity contribution in [2.24, 2.45) is 0 Å². The molecule has 20 heavy (non-hydrogen) atoms. The first-order valence-corrected chi connectivity index (χ1v) is 6.30. The molecule has 0 saturated carbocycles. The summed E-state index contributed by atoms with van der Waals surface area (Å²) in [5.74, 6) is 1.19. The maximum atomic E-state index is 12.5. The van der Waals surface area contributed by atoms with Crippen LogP contribution in [0, 0.1) is 0 Å². The van der Waals surface area contributed by atoms with Gasteiger partial charge in [-0.2, -0.15) is 18.2 Å². The average Bonchev–Trinajstić information content (AvgIpc) is 2.77. The first kappa shape index (κ1) is 13.0. The molecule has 1 aromatic heterocycles. The smallest absolute Gasteiger partial charge is 0.366 e. The number of nitrogen functional groups attached to an aromatic ring is 1. The minimum absolute atomic E-state index is 0.161. The van der Waals surface area contributed by atoms with Gasteiger partial charge in [-0.05, 0) is 30.0 Å². The van der Waals surface area contributed by atoms with E-state index in [4.69, 9.17) is 5.73 Å². The molecule has 3 rings (SSSR count). The van der Waals surface area contributed by atoms with E-state index in [1.807, 2.05) is 0 Å². The number of benzene rings is 1. The van der Waals surface area contributed by atoms with Crippen LogP contribution in [0.4, 0.5) is 19.1 Å². The second-order valence-electron chi connectivity index (χ2n) is 4.92. The quantitative estimate of drug-likeness (QED) is 0.874. The minimum Gasteiger partial charge on any atom is -0.366 e. The number of nitrogens with zero attached hydrogens (tertiary/aromatic N) is 3. The van der Waals surface area contributed by atoms with E-state index >= 15 is 0 Å². The fourth-order valence-electron chi connectivity index (χ4n) is 2.55. The van der Waals surface area contributed by atoms with Gasteiger partial charge in [0.05, 0.1) is 5.56 Å². The van der Waals surface area contributed by atoms with E-state index in [0.717, 1.165) is 29.9 Å². The van der Waals surface area contributed by atoms with Crippen molar-refractivity contribution in [3.8, 4) is 0 Å². The zero-order valence-corrected chi connectivity index (χ0v) is 10.6. The van der Waals surface area contributed by atoms with Crippen molar-refractivity contribution in [3.05, 3.63) is 41.2 Å². The normalized spacial score (nSPS) is 18.9. The highest BCUT2D eigenvalue weighted by molar-refractivity contribution is 5.28. The number of nitrogens with two attached hydrogens (primary N) is 1. The Hall–Kier alpha value is -2.05. The molecule has 0 amide bonds. The van der Waals surface area contributed by atoms with Crippen molar-refractivity contribution in [2.75, 3.05) is 5.73 Å². The topological polar surface area (TPSA) is 56.7 Å². The molecule has 0 spiro atoms. The van der Waals surface area contributed by atoms with E-state index in [1.54, 1.807) is 16.8 Å². The van der Waals surface area contributed by atoms with Crippen LogP contribution in [0.1, 0.15) is 29.3 Å². The molecule has 1 aliphatic heterocycles. The molecule has 1 atom stereocenters. The van der Waals surface area contributed by atoms with Crippen LogP contribution in [0.3, 0.4) is 0 Å². The Balaban J connectivity index is 1.81. The highest BCUT2D eigenvalue weighted by atomic mass is 19.4. The zero-order chi connectivity index (χ0) is 14.3. The lowest BCUT2D eigenvalue weighted by Crippen LogP contribution is -2.19. The van der Waals surface area contributed by atoms with Crippen molar-refractivity contribution < 1.29 is 13.2 Å². The summed E-state index contributed by atoms with van der Waals surface area (Å²) in [6.07, 6.45) is -2.82. The molecule has 1 unspecified atom stereocenters. The molecule has 0 saturated heterocycles. The highest BCUT2D eigenvalue weighted by Crippen LogP contribution is 2.33. The number of fused-ring (bicyclic) bond motifs is 1. The maximum absolute atomic E-state index is 12.5. The van der Waals surface area contributed by atoms with E-state index in [-0.39, 0.29) is 11.9 Å². The summed E-state index contributed by atoms with van der Waals surface area (Å²) >= 11 is 0. The second kappa shape index (κ2) is 4.50. The minimum atomic E-state index is -4.29. The van der Waals surface area contributed by atoms with Gasteiger partial charge < -0.3 is 5.73 Å². The summed E-state index contributed by atoms with van der Waals surface area (Å²) in [5, 5.41) is 4.06. The Morgan fingerprint density at radius 2 is 1.90 bits per heavy atom. The summed E-state index contributed by atoms with van der Waals surface area (Å²) in [4.78, 5) is 4.13. The second-order valence-corrected chi connectivity index (χ2v) is 4.92. The van der Waals surface area contributed by atoms with Gasteiger partial charge in [0.15, 0.2) is 0 Å². The largest absolute Gasteiger partial charge is 0.416 e. The third-order valence-corrected chi connectivity index (χ3v) is 3.59. The molecule has 2 heterocycles. The standard InChI is InChI=1S/C13H13F3N4/c14-13(15,16)10-3-1-8(2-4-10)9-5-6-20-11(7-9)18-12(17)19-20/h1-4,9H,5-7H2,(H2,17,19). The predicted molar refractivity (Wildman–Crippen MR) is 66.9 cm³/mol. The molecule has 4 nitrogen and oxygen atoms in total. The summed E-state index contributed by atoms with van der Waals surface area (Å²) in [7, 11) is 0. The van der Waals surface area contributed by atoms with Crippen molar-refractivity contribution in [3.63, 3.8) is 0 Å². The Labute approximate surface area is 113 Å². The molecule has 0 bridgehead atoms. The van der Waals surface area contributed by atoms with Gasteiger partial charge in [0.25, 0.3) is 0 Å². The van der Waals surface area contributed by atoms with Gasteiger partial charge in [-0.15, -0.1) is 5.10 Å².